The van der Waals surface area contributed by atoms with Crippen LogP contribution in [0.25, 0.3) is 0 Å². The van der Waals surface area contributed by atoms with Gasteiger partial charge in [-0.05, 0) is 23.6 Å². The molecule has 0 heterocycles. The van der Waals surface area contributed by atoms with E-state index in [1.807, 2.05) is 0 Å². The molecule has 0 fully saturated rings. The first-order chi connectivity index (χ1) is 7.95. The minimum Gasteiger partial charge on any atom is -0.479 e. The molecule has 0 bridgehead atoms. The summed E-state index contributed by atoms with van der Waals surface area (Å²) in [7, 11) is 0. The van der Waals surface area contributed by atoms with Crippen LogP contribution in [0.1, 0.15) is 29.7 Å². The van der Waals surface area contributed by atoms with Gasteiger partial charge in [0.15, 0.2) is 6.10 Å². The number of Topliss-reactive ketones (excluding diaryl/α,β-unsaturated/α-hetero) is 1. The van der Waals surface area contributed by atoms with Gasteiger partial charge in [0, 0.05) is 11.8 Å². The molecule has 0 aromatic heterocycles. The van der Waals surface area contributed by atoms with E-state index in [0.29, 0.717) is 22.9 Å². The predicted molar refractivity (Wildman–Crippen MR) is 66.1 cm³/mol. The summed E-state index contributed by atoms with van der Waals surface area (Å²) in [4.78, 5) is 21.7. The highest BCUT2D eigenvalue weighted by Gasteiger charge is 2.19. The number of aliphatic hydroxyl groups excluding tert-OH is 1. The molecule has 1 aromatic rings. The molecule has 0 radical (unpaired) electrons. The quantitative estimate of drug-likeness (QED) is 0.814. The molecule has 0 aliphatic rings. The number of aliphatic carboxylic acids is 1. The summed E-state index contributed by atoms with van der Waals surface area (Å²) in [6.45, 7) is 1.49. The Morgan fingerprint density at radius 1 is 1.41 bits per heavy atom. The van der Waals surface area contributed by atoms with Crippen molar-refractivity contribution in [1.29, 1.82) is 0 Å². The first kappa shape index (κ1) is 13.9. The molecule has 0 amide bonds. The summed E-state index contributed by atoms with van der Waals surface area (Å²) in [5.74, 6) is -1.25. The number of carbonyl (C=O) groups is 2. The maximum absolute atomic E-state index is 11.0. The zero-order valence-electron chi connectivity index (χ0n) is 9.31. The van der Waals surface area contributed by atoms with Crippen LogP contribution in [-0.4, -0.2) is 22.0 Å². The molecular weight excluding hydrogens is 288 g/mol. The molecule has 92 valence electrons. The number of benzene rings is 1. The number of hydrogen-bond acceptors (Lipinski definition) is 3. The van der Waals surface area contributed by atoms with E-state index in [1.54, 1.807) is 18.2 Å². The van der Waals surface area contributed by atoms with Crippen molar-refractivity contribution in [2.45, 2.75) is 24.8 Å². The summed E-state index contributed by atoms with van der Waals surface area (Å²) >= 11 is 3.24. The number of carboxylic acid groups (broad SMARTS) is 1. The van der Waals surface area contributed by atoms with Crippen LogP contribution in [0.5, 0.6) is 0 Å². The molecule has 1 aromatic carbocycles. The lowest BCUT2D eigenvalue weighted by atomic mass is 9.98. The van der Waals surface area contributed by atoms with E-state index in [4.69, 9.17) is 5.11 Å². The van der Waals surface area contributed by atoms with Gasteiger partial charge >= 0.3 is 5.97 Å². The third-order valence-corrected chi connectivity index (χ3v) is 2.94. The van der Waals surface area contributed by atoms with E-state index >= 15 is 0 Å². The Labute approximate surface area is 107 Å². The predicted octanol–water partition coefficient (Wildman–Crippen LogP) is 1.83. The van der Waals surface area contributed by atoms with Gasteiger partial charge in [0.1, 0.15) is 5.78 Å². The summed E-state index contributed by atoms with van der Waals surface area (Å²) < 4.78 is 0. The lowest BCUT2D eigenvalue weighted by molar-refractivity contribution is -0.147. The third kappa shape index (κ3) is 3.64. The zero-order chi connectivity index (χ0) is 13.0. The zero-order valence-corrected chi connectivity index (χ0v) is 10.9. The van der Waals surface area contributed by atoms with Crippen molar-refractivity contribution in [1.82, 2.24) is 0 Å². The minimum atomic E-state index is -1.53. The van der Waals surface area contributed by atoms with Gasteiger partial charge in [-0.2, -0.15) is 0 Å². The number of ketones is 1. The van der Waals surface area contributed by atoms with Gasteiger partial charge in [0.25, 0.3) is 0 Å². The standard InChI is InChI=1S/C12H13BrO4/c1-7(14)4-8-2-3-10(9(5-8)6-13)11(15)12(16)17/h2-3,5,11,15H,4,6H2,1H3,(H,16,17). The molecule has 0 saturated heterocycles. The highest BCUT2D eigenvalue weighted by Crippen LogP contribution is 2.22. The van der Waals surface area contributed by atoms with E-state index < -0.39 is 12.1 Å². The highest BCUT2D eigenvalue weighted by molar-refractivity contribution is 9.08. The van der Waals surface area contributed by atoms with Crippen LogP contribution in [0.4, 0.5) is 0 Å². The first-order valence-corrected chi connectivity index (χ1v) is 6.15. The van der Waals surface area contributed by atoms with Crippen molar-refractivity contribution in [2.24, 2.45) is 0 Å². The van der Waals surface area contributed by atoms with Gasteiger partial charge in [-0.15, -0.1) is 0 Å². The number of carboxylic acids is 1. The van der Waals surface area contributed by atoms with Crippen LogP contribution < -0.4 is 0 Å². The second kappa shape index (κ2) is 5.93. The Balaban J connectivity index is 3.09. The summed E-state index contributed by atoms with van der Waals surface area (Å²) in [5.41, 5.74) is 1.84. The Morgan fingerprint density at radius 3 is 2.53 bits per heavy atom. The van der Waals surface area contributed by atoms with Crippen LogP contribution in [-0.2, 0) is 21.3 Å². The monoisotopic (exact) mass is 300 g/mol. The van der Waals surface area contributed by atoms with Crippen LogP contribution >= 0.6 is 15.9 Å². The molecule has 0 spiro atoms. The van der Waals surface area contributed by atoms with Crippen molar-refractivity contribution in [2.75, 3.05) is 0 Å². The second-order valence-electron chi connectivity index (χ2n) is 3.79. The fourth-order valence-corrected chi connectivity index (χ4v) is 2.06. The first-order valence-electron chi connectivity index (χ1n) is 5.03. The average Bonchev–Trinajstić information content (AvgIpc) is 2.27. The fourth-order valence-electron chi connectivity index (χ4n) is 1.57. The normalized spacial score (nSPS) is 12.2. The van der Waals surface area contributed by atoms with Crippen LogP contribution in [0.15, 0.2) is 18.2 Å². The van der Waals surface area contributed by atoms with Gasteiger partial charge in [-0.25, -0.2) is 4.79 Å². The molecule has 0 saturated carbocycles. The number of alkyl halides is 1. The van der Waals surface area contributed by atoms with E-state index in [9.17, 15) is 14.7 Å². The third-order valence-electron chi connectivity index (χ3n) is 2.33. The van der Waals surface area contributed by atoms with Gasteiger partial charge in [0.2, 0.25) is 0 Å². The Kier molecular flexibility index (Phi) is 4.84. The largest absolute Gasteiger partial charge is 0.479 e. The fraction of sp³-hybridized carbons (Fsp3) is 0.333. The van der Waals surface area contributed by atoms with Crippen LogP contribution in [0.3, 0.4) is 0 Å². The maximum atomic E-state index is 11.0. The molecule has 1 unspecified atom stereocenters. The van der Waals surface area contributed by atoms with E-state index in [1.165, 1.54) is 6.92 Å². The van der Waals surface area contributed by atoms with E-state index in [2.05, 4.69) is 15.9 Å². The molecule has 0 aliphatic carbocycles. The average molecular weight is 301 g/mol. The molecule has 17 heavy (non-hydrogen) atoms. The number of hydrogen-bond donors (Lipinski definition) is 2. The molecule has 0 aliphatic heterocycles. The van der Waals surface area contributed by atoms with Crippen molar-refractivity contribution < 1.29 is 19.8 Å². The molecule has 4 nitrogen and oxygen atoms in total. The SMILES string of the molecule is CC(=O)Cc1ccc(C(O)C(=O)O)c(CBr)c1. The Hall–Kier alpha value is -1.20. The van der Waals surface area contributed by atoms with Gasteiger partial charge in [-0.1, -0.05) is 34.1 Å². The van der Waals surface area contributed by atoms with Crippen molar-refractivity contribution in [3.05, 3.63) is 34.9 Å². The topological polar surface area (TPSA) is 74.6 Å². The van der Waals surface area contributed by atoms with E-state index in [-0.39, 0.29) is 5.78 Å². The minimum absolute atomic E-state index is 0.0389. The Bertz CT molecular complexity index is 442. The second-order valence-corrected chi connectivity index (χ2v) is 4.35. The molecular formula is C12H13BrO4. The molecule has 2 N–H and O–H groups in total. The smallest absolute Gasteiger partial charge is 0.337 e. The number of rotatable bonds is 5. The van der Waals surface area contributed by atoms with Crippen molar-refractivity contribution >= 4 is 27.7 Å². The summed E-state index contributed by atoms with van der Waals surface area (Å²) in [5, 5.41) is 18.7. The number of halogens is 1. The van der Waals surface area contributed by atoms with Crippen molar-refractivity contribution in [3.63, 3.8) is 0 Å². The van der Waals surface area contributed by atoms with Gasteiger partial charge in [-0.3, -0.25) is 4.79 Å². The van der Waals surface area contributed by atoms with Crippen LogP contribution in [0, 0.1) is 0 Å². The summed E-state index contributed by atoms with van der Waals surface area (Å²) in [6, 6.07) is 4.94. The molecule has 1 atom stereocenters. The lowest BCUT2D eigenvalue weighted by Gasteiger charge is -2.12. The van der Waals surface area contributed by atoms with E-state index in [0.717, 1.165) is 5.56 Å². The lowest BCUT2D eigenvalue weighted by Crippen LogP contribution is -2.12. The molecule has 5 heteroatoms. The maximum Gasteiger partial charge on any atom is 0.337 e. The highest BCUT2D eigenvalue weighted by atomic mass is 79.9. The Morgan fingerprint density at radius 2 is 2.06 bits per heavy atom. The summed E-state index contributed by atoms with van der Waals surface area (Å²) in [6.07, 6.45) is -1.22. The van der Waals surface area contributed by atoms with Crippen molar-refractivity contribution in [3.8, 4) is 0 Å². The van der Waals surface area contributed by atoms with Crippen LogP contribution in [0.2, 0.25) is 0 Å². The van der Waals surface area contributed by atoms with Gasteiger partial charge in [0.05, 0.1) is 0 Å². The van der Waals surface area contributed by atoms with Gasteiger partial charge < -0.3 is 10.2 Å². The number of carbonyl (C=O) groups excluding carboxylic acids is 1. The number of aliphatic hydroxyl groups is 1. The molecule has 1 rings (SSSR count).